The largest absolute Gasteiger partial charge is 0.351 e. The summed E-state index contributed by atoms with van der Waals surface area (Å²) in [5.41, 5.74) is 1.89. The lowest BCUT2D eigenvalue weighted by Gasteiger charge is -2.14. The van der Waals surface area contributed by atoms with Crippen LogP contribution in [0.5, 0.6) is 0 Å². The summed E-state index contributed by atoms with van der Waals surface area (Å²) in [6.07, 6.45) is 6.37. The van der Waals surface area contributed by atoms with E-state index in [1.165, 1.54) is 0 Å². The number of hydrogen-bond acceptors (Lipinski definition) is 3. The van der Waals surface area contributed by atoms with E-state index in [1.54, 1.807) is 23.9 Å². The van der Waals surface area contributed by atoms with Crippen LogP contribution in [0.4, 0.5) is 0 Å². The number of nitrogens with zero attached hydrogens (tertiary/aromatic N) is 3. The third-order valence-electron chi connectivity index (χ3n) is 3.65. The molecule has 3 aromatic rings. The highest BCUT2D eigenvalue weighted by molar-refractivity contribution is 7.17. The fraction of sp³-hybridized carbons (Fsp3) is 0.375. The summed E-state index contributed by atoms with van der Waals surface area (Å²) in [5.74, 6) is 0.00253. The minimum atomic E-state index is 0.00253. The average molecular weight is 316 g/mol. The van der Waals surface area contributed by atoms with Crippen molar-refractivity contribution in [1.29, 1.82) is 0 Å². The standard InChI is InChI=1S/C16H20N4OS/c1-12(2)20-13-4-9-22-15(13)10-14(20)16(21)18-5-3-7-19-8-6-17-11-19/h4,6,8-12H,3,5,7H2,1-2H3,(H,18,21). The predicted octanol–water partition coefficient (Wildman–Crippen LogP) is 3.30. The van der Waals surface area contributed by atoms with Crippen LogP contribution in [0.1, 0.15) is 36.8 Å². The van der Waals surface area contributed by atoms with Crippen LogP contribution < -0.4 is 5.32 Å². The molecule has 1 N–H and O–H groups in total. The summed E-state index contributed by atoms with van der Waals surface area (Å²) in [6.45, 7) is 5.73. The third kappa shape index (κ3) is 2.92. The molecule has 0 radical (unpaired) electrons. The Morgan fingerprint density at radius 1 is 1.45 bits per heavy atom. The number of aromatic nitrogens is 3. The minimum Gasteiger partial charge on any atom is -0.351 e. The second-order valence-electron chi connectivity index (χ2n) is 5.57. The van der Waals surface area contributed by atoms with Crippen molar-refractivity contribution >= 4 is 27.5 Å². The van der Waals surface area contributed by atoms with Gasteiger partial charge in [0.05, 0.1) is 16.5 Å². The maximum Gasteiger partial charge on any atom is 0.267 e. The van der Waals surface area contributed by atoms with Gasteiger partial charge in [0.1, 0.15) is 5.69 Å². The Morgan fingerprint density at radius 3 is 3.05 bits per heavy atom. The topological polar surface area (TPSA) is 51.9 Å². The molecule has 0 fully saturated rings. The van der Waals surface area contributed by atoms with E-state index in [9.17, 15) is 4.79 Å². The number of imidazole rings is 1. The molecule has 6 heteroatoms. The van der Waals surface area contributed by atoms with Crippen molar-refractivity contribution in [2.75, 3.05) is 6.54 Å². The van der Waals surface area contributed by atoms with Crippen molar-refractivity contribution < 1.29 is 4.79 Å². The van der Waals surface area contributed by atoms with Gasteiger partial charge in [-0.05, 0) is 37.8 Å². The Balaban J connectivity index is 1.64. The summed E-state index contributed by atoms with van der Waals surface area (Å²) < 4.78 is 5.29. The molecule has 5 nitrogen and oxygen atoms in total. The van der Waals surface area contributed by atoms with E-state index in [0.29, 0.717) is 6.54 Å². The number of thiophene rings is 1. The van der Waals surface area contributed by atoms with E-state index in [-0.39, 0.29) is 11.9 Å². The van der Waals surface area contributed by atoms with Gasteiger partial charge < -0.3 is 14.5 Å². The Bertz CT molecular complexity index is 754. The van der Waals surface area contributed by atoms with Gasteiger partial charge in [-0.1, -0.05) is 0 Å². The number of carbonyl (C=O) groups is 1. The van der Waals surface area contributed by atoms with E-state index < -0.39 is 0 Å². The molecule has 1 amide bonds. The molecule has 0 bridgehead atoms. The van der Waals surface area contributed by atoms with Crippen molar-refractivity contribution in [2.45, 2.75) is 32.9 Å². The number of rotatable bonds is 6. The predicted molar refractivity (Wildman–Crippen MR) is 89.4 cm³/mol. The van der Waals surface area contributed by atoms with Crippen LogP contribution in [0.25, 0.3) is 10.2 Å². The number of nitrogens with one attached hydrogen (secondary N) is 1. The second kappa shape index (κ2) is 6.36. The van der Waals surface area contributed by atoms with Gasteiger partial charge in [0.15, 0.2) is 0 Å². The van der Waals surface area contributed by atoms with Gasteiger partial charge in [-0.25, -0.2) is 4.98 Å². The highest BCUT2D eigenvalue weighted by Gasteiger charge is 2.17. The van der Waals surface area contributed by atoms with Gasteiger partial charge in [0.25, 0.3) is 5.91 Å². The zero-order chi connectivity index (χ0) is 15.5. The van der Waals surface area contributed by atoms with Crippen molar-refractivity contribution in [3.63, 3.8) is 0 Å². The van der Waals surface area contributed by atoms with Gasteiger partial charge in [-0.2, -0.15) is 0 Å². The van der Waals surface area contributed by atoms with E-state index in [1.807, 2.05) is 16.8 Å². The average Bonchev–Trinajstić information content (AvgIpc) is 3.18. The molecule has 0 atom stereocenters. The number of amides is 1. The molecule has 0 aromatic carbocycles. The normalized spacial score (nSPS) is 11.4. The van der Waals surface area contributed by atoms with Gasteiger partial charge in [-0.15, -0.1) is 11.3 Å². The quantitative estimate of drug-likeness (QED) is 0.709. The molecule has 0 aliphatic heterocycles. The summed E-state index contributed by atoms with van der Waals surface area (Å²) in [5, 5.41) is 5.08. The molecule has 3 aromatic heterocycles. The number of aryl methyl sites for hydroxylation is 1. The first kappa shape index (κ1) is 14.8. The molecule has 0 saturated carbocycles. The number of hydrogen-bond donors (Lipinski definition) is 1. The smallest absolute Gasteiger partial charge is 0.267 e. The molecule has 3 heterocycles. The molecule has 22 heavy (non-hydrogen) atoms. The summed E-state index contributed by atoms with van der Waals surface area (Å²) >= 11 is 1.67. The van der Waals surface area contributed by atoms with Gasteiger partial charge in [-0.3, -0.25) is 4.79 Å². The molecule has 0 unspecified atom stereocenters. The zero-order valence-corrected chi connectivity index (χ0v) is 13.6. The maximum atomic E-state index is 12.5. The second-order valence-corrected chi connectivity index (χ2v) is 6.52. The molecule has 3 rings (SSSR count). The Labute approximate surface area is 133 Å². The van der Waals surface area contributed by atoms with E-state index in [2.05, 4.69) is 40.2 Å². The van der Waals surface area contributed by atoms with Crippen LogP contribution in [-0.2, 0) is 6.54 Å². The minimum absolute atomic E-state index is 0.00253. The molecule has 0 aliphatic rings. The van der Waals surface area contributed by atoms with Crippen molar-refractivity contribution in [3.8, 4) is 0 Å². The van der Waals surface area contributed by atoms with Gasteiger partial charge in [0, 0.05) is 31.5 Å². The molecule has 0 spiro atoms. The van der Waals surface area contributed by atoms with Crippen LogP contribution in [0.3, 0.4) is 0 Å². The van der Waals surface area contributed by atoms with Crippen molar-refractivity contribution in [3.05, 3.63) is 41.9 Å². The van der Waals surface area contributed by atoms with Gasteiger partial charge in [0.2, 0.25) is 0 Å². The molecule has 0 saturated heterocycles. The Morgan fingerprint density at radius 2 is 2.32 bits per heavy atom. The molecular weight excluding hydrogens is 296 g/mol. The zero-order valence-electron chi connectivity index (χ0n) is 12.8. The van der Waals surface area contributed by atoms with E-state index in [0.717, 1.165) is 28.9 Å². The lowest BCUT2D eigenvalue weighted by Crippen LogP contribution is -2.27. The van der Waals surface area contributed by atoms with Crippen LogP contribution in [-0.4, -0.2) is 26.6 Å². The van der Waals surface area contributed by atoms with Crippen LogP contribution in [0, 0.1) is 0 Å². The first-order valence-corrected chi connectivity index (χ1v) is 8.37. The summed E-state index contributed by atoms with van der Waals surface area (Å²) in [4.78, 5) is 16.5. The van der Waals surface area contributed by atoms with E-state index in [4.69, 9.17) is 0 Å². The molecule has 0 aliphatic carbocycles. The summed E-state index contributed by atoms with van der Waals surface area (Å²) in [7, 11) is 0. The molecular formula is C16H20N4OS. The van der Waals surface area contributed by atoms with Crippen molar-refractivity contribution in [2.24, 2.45) is 0 Å². The SMILES string of the molecule is CC(C)n1c(C(=O)NCCCn2ccnc2)cc2sccc21. The highest BCUT2D eigenvalue weighted by Crippen LogP contribution is 2.28. The highest BCUT2D eigenvalue weighted by atomic mass is 32.1. The van der Waals surface area contributed by atoms with Gasteiger partial charge >= 0.3 is 0 Å². The summed E-state index contributed by atoms with van der Waals surface area (Å²) in [6, 6.07) is 4.33. The third-order valence-corrected chi connectivity index (χ3v) is 4.50. The first-order valence-electron chi connectivity index (χ1n) is 7.49. The number of carbonyl (C=O) groups excluding carboxylic acids is 1. The Hall–Kier alpha value is -2.08. The fourth-order valence-corrected chi connectivity index (χ4v) is 3.46. The first-order chi connectivity index (χ1) is 10.7. The molecule has 116 valence electrons. The monoisotopic (exact) mass is 316 g/mol. The van der Waals surface area contributed by atoms with Crippen LogP contribution in [0.15, 0.2) is 36.2 Å². The maximum absolute atomic E-state index is 12.5. The van der Waals surface area contributed by atoms with Crippen molar-refractivity contribution in [1.82, 2.24) is 19.4 Å². The fourth-order valence-electron chi connectivity index (χ4n) is 2.65. The van der Waals surface area contributed by atoms with E-state index >= 15 is 0 Å². The van der Waals surface area contributed by atoms with Crippen LogP contribution in [0.2, 0.25) is 0 Å². The van der Waals surface area contributed by atoms with Crippen LogP contribution >= 0.6 is 11.3 Å². The Kier molecular flexibility index (Phi) is 4.29. The number of fused-ring (bicyclic) bond motifs is 1. The lowest BCUT2D eigenvalue weighted by molar-refractivity contribution is 0.0942. The lowest BCUT2D eigenvalue weighted by atomic mass is 10.3.